The van der Waals surface area contributed by atoms with Gasteiger partial charge in [0.15, 0.2) is 5.78 Å². The summed E-state index contributed by atoms with van der Waals surface area (Å²) in [5, 5.41) is 3.30. The van der Waals surface area contributed by atoms with Crippen molar-refractivity contribution in [2.75, 3.05) is 0 Å². The van der Waals surface area contributed by atoms with Gasteiger partial charge in [-0.1, -0.05) is 19.1 Å². The minimum absolute atomic E-state index is 0.0427. The van der Waals surface area contributed by atoms with Crippen LogP contribution in [0, 0.1) is 23.7 Å². The Bertz CT molecular complexity index is 752. The third kappa shape index (κ3) is 2.49. The molecule has 1 spiro atoms. The number of ketones is 1. The van der Waals surface area contributed by atoms with Crippen molar-refractivity contribution in [3.05, 3.63) is 29.8 Å². The first-order valence-corrected chi connectivity index (χ1v) is 10.2. The van der Waals surface area contributed by atoms with Crippen LogP contribution in [0.1, 0.15) is 62.2 Å². The van der Waals surface area contributed by atoms with E-state index in [0.29, 0.717) is 29.7 Å². The highest BCUT2D eigenvalue weighted by Gasteiger charge is 2.70. The second-order valence-corrected chi connectivity index (χ2v) is 8.98. The molecule has 1 heterocycles. The van der Waals surface area contributed by atoms with Gasteiger partial charge in [0.05, 0.1) is 12.0 Å². The number of Topliss-reactive ketones (excluding diaryl/α,β-unsaturated/α-hetero) is 1. The SMILES string of the molecule is CC1CCC(NC(=O)[C@@H]2[C@@H]3CC[C@]4(CC(=O)c5ccccc5O4)[C@@H]32)CC1. The van der Waals surface area contributed by atoms with Gasteiger partial charge in [-0.05, 0) is 62.5 Å². The molecule has 4 heteroatoms. The average Bonchev–Trinajstić information content (AvgIpc) is 3.29. The molecule has 0 radical (unpaired) electrons. The molecule has 3 fully saturated rings. The van der Waals surface area contributed by atoms with Crippen molar-refractivity contribution in [3.63, 3.8) is 0 Å². The van der Waals surface area contributed by atoms with Crippen LogP contribution in [-0.2, 0) is 4.79 Å². The summed E-state index contributed by atoms with van der Waals surface area (Å²) in [4.78, 5) is 25.5. The average molecular weight is 353 g/mol. The van der Waals surface area contributed by atoms with E-state index in [-0.39, 0.29) is 23.5 Å². The van der Waals surface area contributed by atoms with E-state index in [1.54, 1.807) is 0 Å². The number of ether oxygens (including phenoxy) is 1. The monoisotopic (exact) mass is 353 g/mol. The van der Waals surface area contributed by atoms with Gasteiger partial charge in [-0.25, -0.2) is 0 Å². The Morgan fingerprint density at radius 1 is 1.15 bits per heavy atom. The molecule has 1 aromatic carbocycles. The Morgan fingerprint density at radius 2 is 1.92 bits per heavy atom. The highest BCUT2D eigenvalue weighted by atomic mass is 16.5. The summed E-state index contributed by atoms with van der Waals surface area (Å²) in [7, 11) is 0. The second kappa shape index (κ2) is 5.83. The van der Waals surface area contributed by atoms with Gasteiger partial charge in [-0.2, -0.15) is 0 Å². The lowest BCUT2D eigenvalue weighted by atomic mass is 9.84. The maximum absolute atomic E-state index is 12.9. The fourth-order valence-electron chi connectivity index (χ4n) is 5.82. The van der Waals surface area contributed by atoms with Crippen LogP contribution in [0.2, 0.25) is 0 Å². The largest absolute Gasteiger partial charge is 0.486 e. The normalized spacial score (nSPS) is 40.5. The number of carbonyl (C=O) groups excluding carboxylic acids is 2. The Kier molecular flexibility index (Phi) is 3.67. The zero-order valence-corrected chi connectivity index (χ0v) is 15.4. The van der Waals surface area contributed by atoms with Crippen LogP contribution in [0.3, 0.4) is 0 Å². The lowest BCUT2D eigenvalue weighted by Crippen LogP contribution is -2.45. The van der Waals surface area contributed by atoms with Crippen molar-refractivity contribution in [2.45, 2.75) is 63.5 Å². The van der Waals surface area contributed by atoms with Crippen molar-refractivity contribution in [1.82, 2.24) is 5.32 Å². The third-order valence-electron chi connectivity index (χ3n) is 7.30. The summed E-state index contributed by atoms with van der Waals surface area (Å²) in [6.07, 6.45) is 6.94. The van der Waals surface area contributed by atoms with E-state index >= 15 is 0 Å². The first-order valence-electron chi connectivity index (χ1n) is 10.2. The molecular weight excluding hydrogens is 326 g/mol. The smallest absolute Gasteiger partial charge is 0.224 e. The molecule has 4 atom stereocenters. The van der Waals surface area contributed by atoms with Crippen molar-refractivity contribution < 1.29 is 14.3 Å². The van der Waals surface area contributed by atoms with Gasteiger partial charge >= 0.3 is 0 Å². The molecule has 3 aliphatic carbocycles. The standard InChI is InChI=1S/C22H27NO3/c1-13-6-8-14(9-7-13)23-21(25)19-16-10-11-22(20(16)19)12-17(24)15-4-2-3-5-18(15)26-22/h2-5,13-14,16,19-20H,6-12H2,1H3,(H,23,25)/t13?,14?,16-,19+,20-,22-/m0/s1. The number of amides is 1. The van der Waals surface area contributed by atoms with E-state index < -0.39 is 5.60 Å². The summed E-state index contributed by atoms with van der Waals surface area (Å²) in [5.74, 6) is 2.51. The molecule has 26 heavy (non-hydrogen) atoms. The topological polar surface area (TPSA) is 55.4 Å². The van der Waals surface area contributed by atoms with Crippen molar-refractivity contribution >= 4 is 11.7 Å². The van der Waals surface area contributed by atoms with Crippen LogP contribution >= 0.6 is 0 Å². The molecule has 1 aliphatic heterocycles. The molecule has 0 unspecified atom stereocenters. The van der Waals surface area contributed by atoms with Gasteiger partial charge in [0.25, 0.3) is 0 Å². The van der Waals surface area contributed by atoms with Crippen LogP contribution in [0.4, 0.5) is 0 Å². The van der Waals surface area contributed by atoms with E-state index in [1.807, 2.05) is 24.3 Å². The molecule has 4 aliphatic rings. The van der Waals surface area contributed by atoms with Crippen LogP contribution < -0.4 is 10.1 Å². The maximum atomic E-state index is 12.9. The minimum atomic E-state index is -0.445. The highest BCUT2D eigenvalue weighted by Crippen LogP contribution is 2.65. The van der Waals surface area contributed by atoms with Gasteiger partial charge in [0.1, 0.15) is 11.4 Å². The Morgan fingerprint density at radius 3 is 2.73 bits per heavy atom. The highest BCUT2D eigenvalue weighted by molar-refractivity contribution is 6.00. The summed E-state index contributed by atoms with van der Waals surface area (Å²) < 4.78 is 6.39. The van der Waals surface area contributed by atoms with E-state index in [9.17, 15) is 9.59 Å². The fraction of sp³-hybridized carbons (Fsp3) is 0.636. The number of nitrogens with one attached hydrogen (secondary N) is 1. The molecule has 1 N–H and O–H groups in total. The van der Waals surface area contributed by atoms with Gasteiger partial charge < -0.3 is 10.1 Å². The van der Waals surface area contributed by atoms with Crippen molar-refractivity contribution in [1.29, 1.82) is 0 Å². The van der Waals surface area contributed by atoms with E-state index in [1.165, 1.54) is 12.8 Å². The molecule has 0 aromatic heterocycles. The zero-order valence-electron chi connectivity index (χ0n) is 15.4. The molecule has 0 bridgehead atoms. The lowest BCUT2D eigenvalue weighted by molar-refractivity contribution is -0.125. The predicted molar refractivity (Wildman–Crippen MR) is 98.0 cm³/mol. The maximum Gasteiger partial charge on any atom is 0.224 e. The number of carbonyl (C=O) groups is 2. The summed E-state index contributed by atoms with van der Waals surface area (Å²) in [6.45, 7) is 2.29. The zero-order chi connectivity index (χ0) is 17.9. The summed E-state index contributed by atoms with van der Waals surface area (Å²) >= 11 is 0. The number of fused-ring (bicyclic) bond motifs is 3. The predicted octanol–water partition coefficient (Wildman–Crippen LogP) is 3.74. The van der Waals surface area contributed by atoms with Gasteiger partial charge in [0.2, 0.25) is 5.91 Å². The number of para-hydroxylation sites is 1. The van der Waals surface area contributed by atoms with Crippen LogP contribution in [0.15, 0.2) is 24.3 Å². The van der Waals surface area contributed by atoms with Crippen molar-refractivity contribution in [2.24, 2.45) is 23.7 Å². The quantitative estimate of drug-likeness (QED) is 0.881. The first-order chi connectivity index (χ1) is 12.6. The van der Waals surface area contributed by atoms with Crippen molar-refractivity contribution in [3.8, 4) is 5.75 Å². The molecule has 1 amide bonds. The van der Waals surface area contributed by atoms with Crippen LogP contribution in [0.5, 0.6) is 5.75 Å². The summed E-state index contributed by atoms with van der Waals surface area (Å²) in [6, 6.07) is 7.87. The third-order valence-corrected chi connectivity index (χ3v) is 7.30. The van der Waals surface area contributed by atoms with Crippen LogP contribution in [-0.4, -0.2) is 23.3 Å². The van der Waals surface area contributed by atoms with Gasteiger partial charge in [-0.15, -0.1) is 0 Å². The molecular formula is C22H27NO3. The molecule has 1 aromatic rings. The molecule has 0 saturated heterocycles. The minimum Gasteiger partial charge on any atom is -0.486 e. The van der Waals surface area contributed by atoms with E-state index in [4.69, 9.17) is 4.74 Å². The second-order valence-electron chi connectivity index (χ2n) is 8.98. The number of hydrogen-bond donors (Lipinski definition) is 1. The fourth-order valence-corrected chi connectivity index (χ4v) is 5.82. The number of benzene rings is 1. The number of rotatable bonds is 2. The van der Waals surface area contributed by atoms with Gasteiger partial charge in [-0.3, -0.25) is 9.59 Å². The Hall–Kier alpha value is -1.84. The van der Waals surface area contributed by atoms with Crippen LogP contribution in [0.25, 0.3) is 0 Å². The Balaban J connectivity index is 1.30. The first kappa shape index (κ1) is 16.3. The summed E-state index contributed by atoms with van der Waals surface area (Å²) in [5.41, 5.74) is 0.249. The number of hydrogen-bond acceptors (Lipinski definition) is 3. The molecule has 5 rings (SSSR count). The molecule has 4 nitrogen and oxygen atoms in total. The molecule has 3 saturated carbocycles. The van der Waals surface area contributed by atoms with E-state index in [2.05, 4.69) is 12.2 Å². The van der Waals surface area contributed by atoms with E-state index in [0.717, 1.165) is 31.6 Å². The Labute approximate surface area is 154 Å². The lowest BCUT2D eigenvalue weighted by Gasteiger charge is -2.37. The molecule has 138 valence electrons. The van der Waals surface area contributed by atoms with Gasteiger partial charge in [0, 0.05) is 17.9 Å².